The highest BCUT2D eigenvalue weighted by molar-refractivity contribution is 7.07. The molecule has 0 aliphatic carbocycles. The second-order valence-electron chi connectivity index (χ2n) is 7.81. The molecule has 0 spiro atoms. The molecule has 1 aromatic heterocycles. The lowest BCUT2D eigenvalue weighted by Gasteiger charge is -2.25. The quantitative estimate of drug-likeness (QED) is 0.436. The van der Waals surface area contributed by atoms with Crippen molar-refractivity contribution in [2.45, 2.75) is 19.9 Å². The molecule has 2 heterocycles. The maximum Gasteiger partial charge on any atom is 0.338 e. The van der Waals surface area contributed by atoms with E-state index in [4.69, 9.17) is 30.5 Å². The average Bonchev–Trinajstić information content (AvgIpc) is 3.17. The zero-order valence-corrected chi connectivity index (χ0v) is 22.0. The first-order chi connectivity index (χ1) is 17.3. The molecule has 36 heavy (non-hydrogen) atoms. The van der Waals surface area contributed by atoms with Gasteiger partial charge in [0.2, 0.25) is 0 Å². The van der Waals surface area contributed by atoms with Crippen LogP contribution >= 0.6 is 22.9 Å². The maximum atomic E-state index is 13.7. The normalized spacial score (nSPS) is 15.3. The molecular weight excluding hydrogens is 504 g/mol. The SMILES string of the molecule is CCOC(=O)C1=C(C)N=c2s/c(=C/c3ccc(OC)c(Cl)c3)c(=O)n2[C@H]1c1ccc(OC)c(OC)c1. The highest BCUT2D eigenvalue weighted by Gasteiger charge is 2.33. The number of thiazole rings is 1. The van der Waals surface area contributed by atoms with Crippen LogP contribution in [-0.2, 0) is 9.53 Å². The lowest BCUT2D eigenvalue weighted by atomic mass is 9.95. The van der Waals surface area contributed by atoms with Crippen molar-refractivity contribution in [3.63, 3.8) is 0 Å². The molecule has 3 aromatic rings. The average molecular weight is 529 g/mol. The fraction of sp³-hybridized carbons (Fsp3) is 0.269. The van der Waals surface area contributed by atoms with Crippen LogP contribution in [0.3, 0.4) is 0 Å². The van der Waals surface area contributed by atoms with Gasteiger partial charge in [-0.3, -0.25) is 9.36 Å². The summed E-state index contributed by atoms with van der Waals surface area (Å²) >= 11 is 7.50. The number of benzene rings is 2. The zero-order chi connectivity index (χ0) is 26.0. The summed E-state index contributed by atoms with van der Waals surface area (Å²) in [6.45, 7) is 3.66. The molecule has 0 saturated heterocycles. The van der Waals surface area contributed by atoms with Crippen LogP contribution in [0.5, 0.6) is 17.2 Å². The van der Waals surface area contributed by atoms with Gasteiger partial charge in [0.25, 0.3) is 5.56 Å². The summed E-state index contributed by atoms with van der Waals surface area (Å²) in [6.07, 6.45) is 1.74. The van der Waals surface area contributed by atoms with E-state index in [0.717, 1.165) is 5.56 Å². The highest BCUT2D eigenvalue weighted by Crippen LogP contribution is 2.36. The summed E-state index contributed by atoms with van der Waals surface area (Å²) in [5.74, 6) is 1.01. The Hall–Kier alpha value is -3.56. The first kappa shape index (κ1) is 25.5. The van der Waals surface area contributed by atoms with E-state index >= 15 is 0 Å². The Morgan fingerprint density at radius 2 is 1.78 bits per heavy atom. The molecule has 188 valence electrons. The molecule has 0 radical (unpaired) electrons. The number of halogens is 1. The third kappa shape index (κ3) is 4.64. The standard InChI is InChI=1S/C26H25ClN2O6S/c1-6-35-25(31)22-14(2)28-26-29(23(22)16-8-10-19(33-4)20(13-16)34-5)24(30)21(36-26)12-15-7-9-18(32-3)17(27)11-15/h7-13,23H,6H2,1-5H3/b21-12+/t23-/m0/s1. The number of carbonyl (C=O) groups is 1. The van der Waals surface area contributed by atoms with Gasteiger partial charge in [0.15, 0.2) is 16.3 Å². The number of rotatable bonds is 7. The smallest absolute Gasteiger partial charge is 0.338 e. The van der Waals surface area contributed by atoms with Gasteiger partial charge in [0.1, 0.15) is 5.75 Å². The Morgan fingerprint density at radius 1 is 1.08 bits per heavy atom. The molecule has 8 nitrogen and oxygen atoms in total. The van der Waals surface area contributed by atoms with Gasteiger partial charge in [0, 0.05) is 0 Å². The number of nitrogens with zero attached hydrogens (tertiary/aromatic N) is 2. The van der Waals surface area contributed by atoms with Crippen LogP contribution in [-0.4, -0.2) is 38.5 Å². The van der Waals surface area contributed by atoms with Gasteiger partial charge in [-0.25, -0.2) is 9.79 Å². The van der Waals surface area contributed by atoms with E-state index in [1.165, 1.54) is 30.1 Å². The summed E-state index contributed by atoms with van der Waals surface area (Å²) in [6, 6.07) is 9.79. The maximum absolute atomic E-state index is 13.7. The summed E-state index contributed by atoms with van der Waals surface area (Å²) in [7, 11) is 4.61. The van der Waals surface area contributed by atoms with Gasteiger partial charge in [-0.05, 0) is 55.3 Å². The minimum Gasteiger partial charge on any atom is -0.495 e. The number of esters is 1. The molecular formula is C26H25ClN2O6S. The lowest BCUT2D eigenvalue weighted by molar-refractivity contribution is -0.139. The topological polar surface area (TPSA) is 88.4 Å². The van der Waals surface area contributed by atoms with Gasteiger partial charge in [-0.1, -0.05) is 35.1 Å². The number of ether oxygens (including phenoxy) is 4. The van der Waals surface area contributed by atoms with Crippen LogP contribution < -0.4 is 29.1 Å². The first-order valence-electron chi connectivity index (χ1n) is 11.1. The second kappa shape index (κ2) is 10.6. The summed E-state index contributed by atoms with van der Waals surface area (Å²) in [5, 5.41) is 0.433. The van der Waals surface area contributed by atoms with Crippen molar-refractivity contribution in [2.24, 2.45) is 4.99 Å². The van der Waals surface area contributed by atoms with E-state index in [1.807, 2.05) is 6.07 Å². The van der Waals surface area contributed by atoms with Gasteiger partial charge in [-0.15, -0.1) is 0 Å². The number of hydrogen-bond donors (Lipinski definition) is 0. The largest absolute Gasteiger partial charge is 0.495 e. The molecule has 2 aromatic carbocycles. The Labute approximate surface area is 216 Å². The van der Waals surface area contributed by atoms with E-state index in [2.05, 4.69) is 4.99 Å². The summed E-state index contributed by atoms with van der Waals surface area (Å²) in [4.78, 5) is 31.8. The first-order valence-corrected chi connectivity index (χ1v) is 12.3. The highest BCUT2D eigenvalue weighted by atomic mass is 35.5. The molecule has 0 fully saturated rings. The molecule has 0 unspecified atom stereocenters. The monoisotopic (exact) mass is 528 g/mol. The lowest BCUT2D eigenvalue weighted by Crippen LogP contribution is -2.39. The van der Waals surface area contributed by atoms with Crippen LogP contribution in [0, 0.1) is 0 Å². The molecule has 1 aliphatic rings. The molecule has 1 atom stereocenters. The molecule has 0 amide bonds. The van der Waals surface area contributed by atoms with Crippen molar-refractivity contribution in [2.75, 3.05) is 27.9 Å². The van der Waals surface area contributed by atoms with Crippen molar-refractivity contribution >= 4 is 35.0 Å². The van der Waals surface area contributed by atoms with E-state index < -0.39 is 12.0 Å². The van der Waals surface area contributed by atoms with Crippen molar-refractivity contribution in [3.8, 4) is 17.2 Å². The number of hydrogen-bond acceptors (Lipinski definition) is 8. The Balaban J connectivity index is 1.95. The van der Waals surface area contributed by atoms with E-state index in [9.17, 15) is 9.59 Å². The van der Waals surface area contributed by atoms with Crippen molar-refractivity contribution in [1.82, 2.24) is 4.57 Å². The number of aromatic nitrogens is 1. The molecule has 10 heteroatoms. The molecule has 0 bridgehead atoms. The van der Waals surface area contributed by atoms with Crippen LogP contribution in [0.25, 0.3) is 6.08 Å². The van der Waals surface area contributed by atoms with Crippen molar-refractivity contribution in [3.05, 3.63) is 83.5 Å². The fourth-order valence-corrected chi connectivity index (χ4v) is 5.37. The molecule has 0 saturated carbocycles. The summed E-state index contributed by atoms with van der Waals surface area (Å²) in [5.41, 5.74) is 1.86. The zero-order valence-electron chi connectivity index (χ0n) is 20.5. The minimum atomic E-state index is -0.762. The van der Waals surface area contributed by atoms with Crippen molar-refractivity contribution < 1.29 is 23.7 Å². The second-order valence-corrected chi connectivity index (χ2v) is 9.23. The van der Waals surface area contributed by atoms with E-state index in [1.54, 1.807) is 57.4 Å². The summed E-state index contributed by atoms with van der Waals surface area (Å²) < 4.78 is 23.3. The Bertz CT molecular complexity index is 1540. The fourth-order valence-electron chi connectivity index (χ4n) is 4.05. The van der Waals surface area contributed by atoms with Crippen molar-refractivity contribution in [1.29, 1.82) is 0 Å². The Morgan fingerprint density at radius 3 is 2.42 bits per heavy atom. The third-order valence-corrected chi connectivity index (χ3v) is 6.99. The predicted molar refractivity (Wildman–Crippen MR) is 138 cm³/mol. The number of allylic oxidation sites excluding steroid dienone is 1. The number of fused-ring (bicyclic) bond motifs is 1. The van der Waals surface area contributed by atoms with Crippen LogP contribution in [0.15, 0.2) is 57.5 Å². The molecule has 4 rings (SSSR count). The Kier molecular flexibility index (Phi) is 7.51. The van der Waals surface area contributed by atoms with Gasteiger partial charge < -0.3 is 18.9 Å². The predicted octanol–water partition coefficient (Wildman–Crippen LogP) is 3.48. The number of carbonyl (C=O) groups excluding carboxylic acids is 1. The van der Waals surface area contributed by atoms with Crippen LogP contribution in [0.2, 0.25) is 5.02 Å². The van der Waals surface area contributed by atoms with Gasteiger partial charge >= 0.3 is 5.97 Å². The van der Waals surface area contributed by atoms with Gasteiger partial charge in [0.05, 0.1) is 54.8 Å². The van der Waals surface area contributed by atoms with Crippen LogP contribution in [0.1, 0.15) is 31.0 Å². The van der Waals surface area contributed by atoms with E-state index in [0.29, 0.717) is 42.9 Å². The molecule has 0 N–H and O–H groups in total. The van der Waals surface area contributed by atoms with Crippen LogP contribution in [0.4, 0.5) is 0 Å². The van der Waals surface area contributed by atoms with E-state index in [-0.39, 0.29) is 17.7 Å². The van der Waals surface area contributed by atoms with Gasteiger partial charge in [-0.2, -0.15) is 0 Å². The minimum absolute atomic E-state index is 0.191. The number of methoxy groups -OCH3 is 3. The molecule has 1 aliphatic heterocycles. The third-order valence-electron chi connectivity index (χ3n) is 5.71.